The standard InChI is InChI=1S/C15H12ClF4N3O/c16-13-5-12(9(7-23-13)3-14(21)24)22-6-8-1-10(15(18,19)20)4-11(17)2-8/h1-2,4-5,7H,3,6H2,(H2,21,24)(H,22,23). The van der Waals surface area contributed by atoms with Crippen molar-refractivity contribution >= 4 is 23.2 Å². The van der Waals surface area contributed by atoms with Gasteiger partial charge in [0.15, 0.2) is 0 Å². The largest absolute Gasteiger partial charge is 0.416 e. The molecule has 0 aliphatic rings. The summed E-state index contributed by atoms with van der Waals surface area (Å²) < 4.78 is 51.5. The summed E-state index contributed by atoms with van der Waals surface area (Å²) in [5.41, 5.74) is 4.94. The average Bonchev–Trinajstić information content (AvgIpc) is 2.45. The molecular formula is C15H12ClF4N3O. The SMILES string of the molecule is NC(=O)Cc1cnc(Cl)cc1NCc1cc(F)cc(C(F)(F)F)c1. The number of hydrogen-bond donors (Lipinski definition) is 2. The summed E-state index contributed by atoms with van der Waals surface area (Å²) in [5, 5.41) is 2.94. The van der Waals surface area contributed by atoms with Crippen LogP contribution in [0.25, 0.3) is 0 Å². The topological polar surface area (TPSA) is 68.0 Å². The number of anilines is 1. The summed E-state index contributed by atoms with van der Waals surface area (Å²) in [6, 6.07) is 3.65. The van der Waals surface area contributed by atoms with Gasteiger partial charge in [-0.15, -0.1) is 0 Å². The van der Waals surface area contributed by atoms with Crippen LogP contribution in [0.2, 0.25) is 5.15 Å². The van der Waals surface area contributed by atoms with E-state index in [1.807, 2.05) is 0 Å². The van der Waals surface area contributed by atoms with Crippen molar-refractivity contribution in [2.75, 3.05) is 5.32 Å². The molecule has 4 nitrogen and oxygen atoms in total. The first-order valence-electron chi connectivity index (χ1n) is 6.68. The van der Waals surface area contributed by atoms with Crippen molar-refractivity contribution in [2.45, 2.75) is 19.1 Å². The fourth-order valence-electron chi connectivity index (χ4n) is 2.06. The van der Waals surface area contributed by atoms with Gasteiger partial charge in [0.25, 0.3) is 0 Å². The van der Waals surface area contributed by atoms with Gasteiger partial charge in [0.05, 0.1) is 12.0 Å². The van der Waals surface area contributed by atoms with E-state index in [1.165, 1.54) is 12.3 Å². The molecule has 0 aliphatic carbocycles. The number of nitrogens with two attached hydrogens (primary N) is 1. The van der Waals surface area contributed by atoms with Crippen molar-refractivity contribution in [1.29, 1.82) is 0 Å². The van der Waals surface area contributed by atoms with E-state index in [0.717, 1.165) is 12.1 Å². The van der Waals surface area contributed by atoms with Crippen LogP contribution >= 0.6 is 11.6 Å². The van der Waals surface area contributed by atoms with Gasteiger partial charge in [-0.2, -0.15) is 13.2 Å². The summed E-state index contributed by atoms with van der Waals surface area (Å²) in [5.74, 6) is -1.60. The highest BCUT2D eigenvalue weighted by atomic mass is 35.5. The quantitative estimate of drug-likeness (QED) is 0.632. The molecule has 2 rings (SSSR count). The number of halogens is 5. The molecule has 0 atom stereocenters. The summed E-state index contributed by atoms with van der Waals surface area (Å²) in [6.07, 6.45) is -3.43. The minimum Gasteiger partial charge on any atom is -0.381 e. The van der Waals surface area contributed by atoms with Crippen LogP contribution in [0.1, 0.15) is 16.7 Å². The van der Waals surface area contributed by atoms with Crippen LogP contribution < -0.4 is 11.1 Å². The minimum atomic E-state index is -4.64. The molecule has 0 unspecified atom stereocenters. The molecule has 0 spiro atoms. The lowest BCUT2D eigenvalue weighted by Crippen LogP contribution is -2.15. The number of alkyl halides is 3. The molecule has 0 saturated heterocycles. The van der Waals surface area contributed by atoms with E-state index >= 15 is 0 Å². The smallest absolute Gasteiger partial charge is 0.381 e. The highest BCUT2D eigenvalue weighted by Gasteiger charge is 2.31. The number of nitrogens with zero attached hydrogens (tertiary/aromatic N) is 1. The monoisotopic (exact) mass is 361 g/mol. The first kappa shape index (κ1) is 18.0. The number of amides is 1. The number of carbonyl (C=O) groups is 1. The molecule has 24 heavy (non-hydrogen) atoms. The lowest BCUT2D eigenvalue weighted by atomic mass is 10.1. The Morgan fingerprint density at radius 3 is 2.58 bits per heavy atom. The van der Waals surface area contributed by atoms with Crippen molar-refractivity contribution < 1.29 is 22.4 Å². The van der Waals surface area contributed by atoms with Crippen LogP contribution in [0.5, 0.6) is 0 Å². The van der Waals surface area contributed by atoms with Gasteiger partial charge in [-0.1, -0.05) is 11.6 Å². The highest BCUT2D eigenvalue weighted by Crippen LogP contribution is 2.30. The third kappa shape index (κ3) is 4.82. The van der Waals surface area contributed by atoms with Gasteiger partial charge in [0.2, 0.25) is 5.91 Å². The van der Waals surface area contributed by atoms with Crippen molar-refractivity contribution in [3.05, 3.63) is 58.1 Å². The van der Waals surface area contributed by atoms with E-state index in [4.69, 9.17) is 17.3 Å². The van der Waals surface area contributed by atoms with Gasteiger partial charge >= 0.3 is 6.18 Å². The molecule has 0 aliphatic heterocycles. The average molecular weight is 362 g/mol. The molecule has 0 saturated carbocycles. The lowest BCUT2D eigenvalue weighted by molar-refractivity contribution is -0.137. The zero-order chi connectivity index (χ0) is 17.9. The van der Waals surface area contributed by atoms with Crippen LogP contribution in [0, 0.1) is 5.82 Å². The summed E-state index contributed by atoms with van der Waals surface area (Å²) in [4.78, 5) is 14.9. The third-order valence-corrected chi connectivity index (χ3v) is 3.29. The molecule has 0 bridgehead atoms. The van der Waals surface area contributed by atoms with E-state index in [-0.39, 0.29) is 23.7 Å². The second kappa shape index (κ2) is 7.04. The van der Waals surface area contributed by atoms with Crippen LogP contribution in [-0.4, -0.2) is 10.9 Å². The second-order valence-electron chi connectivity index (χ2n) is 5.01. The number of pyridine rings is 1. The van der Waals surface area contributed by atoms with Gasteiger partial charge in [0.1, 0.15) is 11.0 Å². The number of aromatic nitrogens is 1. The fourth-order valence-corrected chi connectivity index (χ4v) is 2.22. The Labute approximate surface area is 139 Å². The number of carbonyl (C=O) groups excluding carboxylic acids is 1. The van der Waals surface area contributed by atoms with E-state index in [2.05, 4.69) is 10.3 Å². The van der Waals surface area contributed by atoms with Crippen molar-refractivity contribution in [3.8, 4) is 0 Å². The normalized spacial score (nSPS) is 11.4. The van der Waals surface area contributed by atoms with Gasteiger partial charge in [-0.05, 0) is 29.8 Å². The lowest BCUT2D eigenvalue weighted by Gasteiger charge is -2.13. The molecular weight excluding hydrogens is 350 g/mol. The second-order valence-corrected chi connectivity index (χ2v) is 5.39. The number of rotatable bonds is 5. The van der Waals surface area contributed by atoms with Crippen LogP contribution in [0.15, 0.2) is 30.5 Å². The fraction of sp³-hybridized carbons (Fsp3) is 0.200. The molecule has 2 aromatic rings. The number of hydrogen-bond acceptors (Lipinski definition) is 3. The maximum atomic E-state index is 13.4. The first-order chi connectivity index (χ1) is 11.1. The first-order valence-corrected chi connectivity index (χ1v) is 7.06. The Morgan fingerprint density at radius 1 is 1.25 bits per heavy atom. The Hall–Kier alpha value is -2.35. The molecule has 3 N–H and O–H groups in total. The van der Waals surface area contributed by atoms with Gasteiger partial charge in [-0.25, -0.2) is 9.37 Å². The van der Waals surface area contributed by atoms with E-state index in [0.29, 0.717) is 17.3 Å². The molecule has 1 aromatic heterocycles. The molecule has 128 valence electrons. The van der Waals surface area contributed by atoms with Crippen molar-refractivity contribution in [2.24, 2.45) is 5.73 Å². The predicted molar refractivity (Wildman–Crippen MR) is 80.9 cm³/mol. The Bertz CT molecular complexity index is 765. The minimum absolute atomic E-state index is 0.0836. The van der Waals surface area contributed by atoms with Gasteiger partial charge in [-0.3, -0.25) is 4.79 Å². The Kier molecular flexibility index (Phi) is 5.28. The van der Waals surface area contributed by atoms with Crippen LogP contribution in [0.3, 0.4) is 0 Å². The summed E-state index contributed by atoms with van der Waals surface area (Å²) in [7, 11) is 0. The number of primary amides is 1. The summed E-state index contributed by atoms with van der Waals surface area (Å²) >= 11 is 5.77. The van der Waals surface area contributed by atoms with Gasteiger partial charge in [0, 0.05) is 24.0 Å². The summed E-state index contributed by atoms with van der Waals surface area (Å²) in [6.45, 7) is -0.104. The van der Waals surface area contributed by atoms with Crippen LogP contribution in [-0.2, 0) is 23.9 Å². The number of nitrogens with one attached hydrogen (secondary N) is 1. The predicted octanol–water partition coefficient (Wildman–Crippen LogP) is 3.53. The van der Waals surface area contributed by atoms with E-state index in [1.54, 1.807) is 0 Å². The molecule has 1 amide bonds. The molecule has 9 heteroatoms. The molecule has 0 radical (unpaired) electrons. The van der Waals surface area contributed by atoms with E-state index in [9.17, 15) is 22.4 Å². The maximum absolute atomic E-state index is 13.4. The zero-order valence-electron chi connectivity index (χ0n) is 12.1. The number of benzene rings is 1. The Morgan fingerprint density at radius 2 is 1.96 bits per heavy atom. The molecule has 1 heterocycles. The molecule has 0 fully saturated rings. The van der Waals surface area contributed by atoms with Crippen molar-refractivity contribution in [1.82, 2.24) is 4.98 Å². The third-order valence-electron chi connectivity index (χ3n) is 3.09. The zero-order valence-corrected chi connectivity index (χ0v) is 12.9. The van der Waals surface area contributed by atoms with Crippen LogP contribution in [0.4, 0.5) is 23.2 Å². The van der Waals surface area contributed by atoms with Crippen molar-refractivity contribution in [3.63, 3.8) is 0 Å². The maximum Gasteiger partial charge on any atom is 0.416 e. The van der Waals surface area contributed by atoms with Gasteiger partial charge < -0.3 is 11.1 Å². The Balaban J connectivity index is 2.24. The highest BCUT2D eigenvalue weighted by molar-refractivity contribution is 6.29. The molecule has 1 aromatic carbocycles. The van der Waals surface area contributed by atoms with E-state index < -0.39 is 23.5 Å².